The highest BCUT2D eigenvalue weighted by Gasteiger charge is 2.16. The Morgan fingerprint density at radius 3 is 1.82 bits per heavy atom. The molecule has 2 nitrogen and oxygen atoms in total. The van der Waals surface area contributed by atoms with Crippen LogP contribution in [0, 0.1) is 0 Å². The Bertz CT molecular complexity index is 2120. The Labute approximate surface area is 257 Å². The summed E-state index contributed by atoms with van der Waals surface area (Å²) in [6, 6.07) is 51.9. The van der Waals surface area contributed by atoms with E-state index in [1.54, 1.807) is 0 Å². The van der Waals surface area contributed by atoms with Crippen molar-refractivity contribution in [2.75, 3.05) is 4.90 Å². The molecule has 0 N–H and O–H groups in total. The van der Waals surface area contributed by atoms with Gasteiger partial charge in [0.15, 0.2) is 0 Å². The minimum absolute atomic E-state index is 0.424. The average molecular weight is 566 g/mol. The molecule has 0 saturated carbocycles. The van der Waals surface area contributed by atoms with Crippen LogP contribution in [0.25, 0.3) is 44.2 Å². The van der Waals surface area contributed by atoms with E-state index in [-0.39, 0.29) is 0 Å². The fourth-order valence-corrected chi connectivity index (χ4v) is 6.34. The Morgan fingerprint density at radius 1 is 0.500 bits per heavy atom. The Hall–Kier alpha value is -5.60. The van der Waals surface area contributed by atoms with Crippen LogP contribution in [-0.2, 0) is 0 Å². The van der Waals surface area contributed by atoms with Gasteiger partial charge in [-0.25, -0.2) is 0 Å². The first-order chi connectivity index (χ1) is 21.8. The highest BCUT2D eigenvalue weighted by atomic mass is 16.3. The number of allylic oxidation sites excluding steroid dienone is 4. The third kappa shape index (κ3) is 4.81. The summed E-state index contributed by atoms with van der Waals surface area (Å²) < 4.78 is 6.34. The van der Waals surface area contributed by atoms with E-state index >= 15 is 0 Å². The minimum atomic E-state index is 0.424. The molecule has 6 aromatic carbocycles. The van der Waals surface area contributed by atoms with Gasteiger partial charge in [0, 0.05) is 39.3 Å². The molecule has 0 fully saturated rings. The third-order valence-corrected chi connectivity index (χ3v) is 8.63. The fourth-order valence-electron chi connectivity index (χ4n) is 6.34. The molecule has 7 aromatic rings. The summed E-state index contributed by atoms with van der Waals surface area (Å²) in [6.07, 6.45) is 9.85. The zero-order valence-corrected chi connectivity index (χ0v) is 24.3. The maximum atomic E-state index is 6.34. The second-order valence-electron chi connectivity index (χ2n) is 11.3. The van der Waals surface area contributed by atoms with Crippen molar-refractivity contribution in [2.45, 2.75) is 12.3 Å². The number of benzene rings is 6. The number of hydrogen-bond acceptors (Lipinski definition) is 2. The van der Waals surface area contributed by atoms with Crippen LogP contribution in [0.15, 0.2) is 174 Å². The molecule has 1 aliphatic carbocycles. The number of anilines is 3. The summed E-state index contributed by atoms with van der Waals surface area (Å²) in [5.41, 5.74) is 11.2. The monoisotopic (exact) mass is 565 g/mol. The van der Waals surface area contributed by atoms with Crippen molar-refractivity contribution in [3.63, 3.8) is 0 Å². The Kier molecular flexibility index (Phi) is 6.66. The zero-order chi connectivity index (χ0) is 29.3. The molecule has 0 radical (unpaired) electrons. The van der Waals surface area contributed by atoms with Crippen LogP contribution >= 0.6 is 0 Å². The smallest absolute Gasteiger partial charge is 0.143 e. The molecule has 44 heavy (non-hydrogen) atoms. The van der Waals surface area contributed by atoms with Gasteiger partial charge in [0.25, 0.3) is 0 Å². The van der Waals surface area contributed by atoms with E-state index in [1.165, 1.54) is 16.7 Å². The molecule has 0 spiro atoms. The van der Waals surface area contributed by atoms with Gasteiger partial charge in [-0.1, -0.05) is 127 Å². The molecular formula is C42H31NO. The van der Waals surface area contributed by atoms with E-state index in [0.717, 1.165) is 56.5 Å². The second-order valence-corrected chi connectivity index (χ2v) is 11.3. The van der Waals surface area contributed by atoms with Gasteiger partial charge in [0.05, 0.1) is 0 Å². The lowest BCUT2D eigenvalue weighted by Crippen LogP contribution is -2.10. The Morgan fingerprint density at radius 2 is 1.11 bits per heavy atom. The quantitative estimate of drug-likeness (QED) is 0.199. The van der Waals surface area contributed by atoms with Crippen LogP contribution < -0.4 is 4.90 Å². The van der Waals surface area contributed by atoms with Crippen molar-refractivity contribution in [1.29, 1.82) is 0 Å². The maximum Gasteiger partial charge on any atom is 0.143 e. The minimum Gasteiger partial charge on any atom is -0.455 e. The predicted octanol–water partition coefficient (Wildman–Crippen LogP) is 12.0. The van der Waals surface area contributed by atoms with Gasteiger partial charge in [0.1, 0.15) is 11.2 Å². The van der Waals surface area contributed by atoms with Crippen molar-refractivity contribution >= 4 is 39.0 Å². The summed E-state index contributed by atoms with van der Waals surface area (Å²) in [6.45, 7) is 0. The molecule has 210 valence electrons. The number of rotatable bonds is 6. The van der Waals surface area contributed by atoms with E-state index in [9.17, 15) is 0 Å². The van der Waals surface area contributed by atoms with Crippen LogP contribution in [0.5, 0.6) is 0 Å². The van der Waals surface area contributed by atoms with Gasteiger partial charge in [-0.3, -0.25) is 0 Å². The van der Waals surface area contributed by atoms with Crippen LogP contribution in [-0.4, -0.2) is 0 Å². The normalized spacial score (nSPS) is 14.3. The molecule has 1 aliphatic rings. The Balaban J connectivity index is 1.18. The van der Waals surface area contributed by atoms with E-state index in [4.69, 9.17) is 4.42 Å². The SMILES string of the molecule is C1=CCC(c2ccc(N(c3ccc(-c4ccccc4)cc3)c3ccc(-c4cccc5c4oc4ccccc45)cc3)cc2)C=C1. The molecule has 8 rings (SSSR count). The molecule has 1 atom stereocenters. The van der Waals surface area contributed by atoms with Crippen molar-refractivity contribution in [1.82, 2.24) is 0 Å². The molecule has 1 aromatic heterocycles. The first-order valence-electron chi connectivity index (χ1n) is 15.2. The van der Waals surface area contributed by atoms with Crippen molar-refractivity contribution < 1.29 is 4.42 Å². The largest absolute Gasteiger partial charge is 0.455 e. The van der Waals surface area contributed by atoms with Crippen LogP contribution in [0.2, 0.25) is 0 Å². The summed E-state index contributed by atoms with van der Waals surface area (Å²) in [4.78, 5) is 2.33. The average Bonchev–Trinajstić information content (AvgIpc) is 3.49. The van der Waals surface area contributed by atoms with E-state index in [1.807, 2.05) is 12.1 Å². The van der Waals surface area contributed by atoms with Crippen LogP contribution in [0.1, 0.15) is 17.9 Å². The molecule has 0 bridgehead atoms. The van der Waals surface area contributed by atoms with Gasteiger partial charge >= 0.3 is 0 Å². The van der Waals surface area contributed by atoms with Gasteiger partial charge in [-0.2, -0.15) is 0 Å². The maximum absolute atomic E-state index is 6.34. The van der Waals surface area contributed by atoms with Gasteiger partial charge in [0.2, 0.25) is 0 Å². The highest BCUT2D eigenvalue weighted by Crippen LogP contribution is 2.40. The number of fused-ring (bicyclic) bond motifs is 3. The molecule has 2 heteroatoms. The number of furan rings is 1. The zero-order valence-electron chi connectivity index (χ0n) is 24.3. The summed E-state index contributed by atoms with van der Waals surface area (Å²) in [7, 11) is 0. The fraction of sp³-hybridized carbons (Fsp3) is 0.0476. The van der Waals surface area contributed by atoms with Crippen molar-refractivity contribution in [3.8, 4) is 22.3 Å². The molecule has 0 saturated heterocycles. The van der Waals surface area contributed by atoms with E-state index in [0.29, 0.717) is 5.92 Å². The lowest BCUT2D eigenvalue weighted by atomic mass is 9.92. The topological polar surface area (TPSA) is 16.4 Å². The van der Waals surface area contributed by atoms with E-state index < -0.39 is 0 Å². The standard InChI is InChI=1S/C42H31NO/c1-3-10-30(11-4-1)32-18-24-35(25-19-32)43(36-26-20-33(21-27-36)31-12-5-2-6-13-31)37-28-22-34(23-29-37)38-15-9-16-40-39-14-7-8-17-41(39)44-42(38)40/h1-12,14-29,31H,13H2. The third-order valence-electron chi connectivity index (χ3n) is 8.63. The highest BCUT2D eigenvalue weighted by molar-refractivity contribution is 6.09. The number of nitrogens with zero attached hydrogens (tertiary/aromatic N) is 1. The lowest BCUT2D eigenvalue weighted by Gasteiger charge is -2.26. The molecule has 1 heterocycles. The molecule has 0 amide bonds. The first kappa shape index (κ1) is 26.1. The van der Waals surface area contributed by atoms with Crippen LogP contribution in [0.3, 0.4) is 0 Å². The summed E-state index contributed by atoms with van der Waals surface area (Å²) >= 11 is 0. The first-order valence-corrected chi connectivity index (χ1v) is 15.2. The number of hydrogen-bond donors (Lipinski definition) is 0. The molecule has 0 aliphatic heterocycles. The lowest BCUT2D eigenvalue weighted by molar-refractivity contribution is 0.670. The van der Waals surface area contributed by atoms with E-state index in [2.05, 4.69) is 163 Å². The molecule has 1 unspecified atom stereocenters. The summed E-state index contributed by atoms with van der Waals surface area (Å²) in [5, 5.41) is 2.29. The summed E-state index contributed by atoms with van der Waals surface area (Å²) in [5.74, 6) is 0.424. The van der Waals surface area contributed by atoms with Crippen molar-refractivity contribution in [3.05, 3.63) is 175 Å². The van der Waals surface area contributed by atoms with Gasteiger partial charge < -0.3 is 9.32 Å². The molecular weight excluding hydrogens is 534 g/mol. The predicted molar refractivity (Wildman–Crippen MR) is 185 cm³/mol. The van der Waals surface area contributed by atoms with Crippen LogP contribution in [0.4, 0.5) is 17.1 Å². The number of para-hydroxylation sites is 2. The van der Waals surface area contributed by atoms with Crippen molar-refractivity contribution in [2.24, 2.45) is 0 Å². The van der Waals surface area contributed by atoms with Gasteiger partial charge in [-0.05, 0) is 71.1 Å². The van der Waals surface area contributed by atoms with Gasteiger partial charge in [-0.15, -0.1) is 0 Å². The second kappa shape index (κ2) is 11.2.